The van der Waals surface area contributed by atoms with Crippen molar-refractivity contribution < 1.29 is 9.21 Å². The number of benzene rings is 1. The van der Waals surface area contributed by atoms with E-state index < -0.39 is 0 Å². The summed E-state index contributed by atoms with van der Waals surface area (Å²) >= 11 is 0. The maximum absolute atomic E-state index is 12.4. The van der Waals surface area contributed by atoms with E-state index in [4.69, 9.17) is 4.42 Å². The predicted molar refractivity (Wildman–Crippen MR) is 98.2 cm³/mol. The quantitative estimate of drug-likeness (QED) is 0.603. The lowest BCUT2D eigenvalue weighted by atomic mass is 10.1. The largest absolute Gasteiger partial charge is 0.472 e. The highest BCUT2D eigenvalue weighted by molar-refractivity contribution is 5.89. The molecule has 0 saturated carbocycles. The van der Waals surface area contributed by atoms with E-state index in [1.165, 1.54) is 0 Å². The summed E-state index contributed by atoms with van der Waals surface area (Å²) in [5, 5.41) is 4.04. The minimum Gasteiger partial charge on any atom is -0.472 e. The molecule has 6 nitrogen and oxygen atoms in total. The average molecular weight is 346 g/mol. The molecule has 0 spiro atoms. The minimum absolute atomic E-state index is 0.0508. The van der Waals surface area contributed by atoms with E-state index in [0.29, 0.717) is 24.4 Å². The molecule has 4 rings (SSSR count). The molecule has 0 radical (unpaired) electrons. The van der Waals surface area contributed by atoms with Crippen molar-refractivity contribution in [3.05, 3.63) is 72.7 Å². The van der Waals surface area contributed by atoms with E-state index in [1.54, 1.807) is 24.9 Å². The van der Waals surface area contributed by atoms with Gasteiger partial charge in [0.15, 0.2) is 0 Å². The van der Waals surface area contributed by atoms with Crippen LogP contribution in [-0.4, -0.2) is 20.4 Å². The summed E-state index contributed by atoms with van der Waals surface area (Å²) < 4.78 is 7.15. The number of aromatic nitrogens is 3. The lowest BCUT2D eigenvalue weighted by molar-refractivity contribution is -0.120. The third-order valence-corrected chi connectivity index (χ3v) is 4.35. The molecule has 0 fully saturated rings. The van der Waals surface area contributed by atoms with Gasteiger partial charge in [0.1, 0.15) is 0 Å². The Hall–Kier alpha value is -3.41. The smallest absolute Gasteiger partial charge is 0.224 e. The molecule has 4 aromatic rings. The Morgan fingerprint density at radius 3 is 2.88 bits per heavy atom. The number of hydrogen-bond donors (Lipinski definition) is 1. The molecule has 0 saturated heterocycles. The van der Waals surface area contributed by atoms with Crippen LogP contribution in [0.15, 0.2) is 65.9 Å². The second-order valence-corrected chi connectivity index (χ2v) is 6.10. The summed E-state index contributed by atoms with van der Waals surface area (Å²) in [5.74, 6) is -0.0508. The first-order valence-electron chi connectivity index (χ1n) is 8.34. The predicted octanol–water partition coefficient (Wildman–Crippen LogP) is 3.09. The zero-order valence-electron chi connectivity index (χ0n) is 14.3. The van der Waals surface area contributed by atoms with Gasteiger partial charge in [0.05, 0.1) is 36.9 Å². The molecule has 0 unspecified atom stereocenters. The van der Waals surface area contributed by atoms with Gasteiger partial charge in [-0.25, -0.2) is 0 Å². The lowest BCUT2D eigenvalue weighted by Crippen LogP contribution is -2.25. The fraction of sp³-hybridized carbons (Fsp3) is 0.150. The number of furan rings is 1. The fourth-order valence-electron chi connectivity index (χ4n) is 3.12. The number of nitrogens with one attached hydrogen (secondary N) is 1. The number of fused-ring (bicyclic) bond motifs is 1. The zero-order valence-corrected chi connectivity index (χ0v) is 14.3. The summed E-state index contributed by atoms with van der Waals surface area (Å²) in [7, 11) is 1.99. The third kappa shape index (κ3) is 3.09. The number of carbonyl (C=O) groups excluding carboxylic acids is 1. The van der Waals surface area contributed by atoms with E-state index in [1.807, 2.05) is 48.1 Å². The Morgan fingerprint density at radius 1 is 1.19 bits per heavy atom. The molecule has 1 aromatic carbocycles. The van der Waals surface area contributed by atoms with Crippen LogP contribution < -0.4 is 5.32 Å². The Labute approximate surface area is 150 Å². The number of para-hydroxylation sites is 1. The van der Waals surface area contributed by atoms with E-state index in [-0.39, 0.29) is 5.91 Å². The molecule has 3 aromatic heterocycles. The van der Waals surface area contributed by atoms with Gasteiger partial charge in [-0.1, -0.05) is 18.2 Å². The fourth-order valence-corrected chi connectivity index (χ4v) is 3.12. The Bertz CT molecular complexity index is 1050. The van der Waals surface area contributed by atoms with Crippen LogP contribution in [0.4, 0.5) is 0 Å². The van der Waals surface area contributed by atoms with Crippen LogP contribution in [0.25, 0.3) is 22.2 Å². The van der Waals surface area contributed by atoms with Crippen LogP contribution in [0, 0.1) is 0 Å². The Balaban J connectivity index is 1.48. The number of rotatable bonds is 5. The standard InChI is InChI=1S/C20H18N4O2/c1-24-12-15(16-4-2-3-5-18(16)24)10-19(25)23-11-17-20(22-8-7-21-17)14-6-9-26-13-14/h2-9,12-13H,10-11H2,1H3,(H,23,25). The minimum atomic E-state index is -0.0508. The SMILES string of the molecule is Cn1cc(CC(=O)NCc2nccnc2-c2ccoc2)c2ccccc21. The summed E-state index contributed by atoms with van der Waals surface area (Å²) in [6.07, 6.45) is 8.78. The number of carbonyl (C=O) groups is 1. The van der Waals surface area contributed by atoms with Crippen LogP contribution in [0.5, 0.6) is 0 Å². The zero-order chi connectivity index (χ0) is 17.9. The van der Waals surface area contributed by atoms with E-state index in [9.17, 15) is 4.79 Å². The van der Waals surface area contributed by atoms with Crippen LogP contribution in [0.1, 0.15) is 11.3 Å². The van der Waals surface area contributed by atoms with Crippen LogP contribution in [0.2, 0.25) is 0 Å². The van der Waals surface area contributed by atoms with Crippen molar-refractivity contribution in [3.8, 4) is 11.3 Å². The van der Waals surface area contributed by atoms with Crippen LogP contribution in [-0.2, 0) is 24.8 Å². The van der Waals surface area contributed by atoms with Crippen molar-refractivity contribution in [2.24, 2.45) is 7.05 Å². The number of hydrogen-bond acceptors (Lipinski definition) is 4. The van der Waals surface area contributed by atoms with Gasteiger partial charge in [0, 0.05) is 42.1 Å². The van der Waals surface area contributed by atoms with Crippen molar-refractivity contribution in [2.75, 3.05) is 0 Å². The van der Waals surface area contributed by atoms with E-state index >= 15 is 0 Å². The molecule has 130 valence electrons. The molecule has 1 amide bonds. The summed E-state index contributed by atoms with van der Waals surface area (Å²) in [6.45, 7) is 0.317. The first kappa shape index (κ1) is 16.1. The van der Waals surface area contributed by atoms with Gasteiger partial charge in [-0.05, 0) is 17.7 Å². The lowest BCUT2D eigenvalue weighted by Gasteiger charge is -2.07. The summed E-state index contributed by atoms with van der Waals surface area (Å²) in [4.78, 5) is 21.1. The molecule has 0 aliphatic rings. The van der Waals surface area contributed by atoms with Crippen molar-refractivity contribution in [1.29, 1.82) is 0 Å². The highest BCUT2D eigenvalue weighted by atomic mass is 16.3. The highest BCUT2D eigenvalue weighted by Gasteiger charge is 2.13. The van der Waals surface area contributed by atoms with E-state index in [0.717, 1.165) is 22.0 Å². The van der Waals surface area contributed by atoms with Crippen molar-refractivity contribution in [3.63, 3.8) is 0 Å². The van der Waals surface area contributed by atoms with Crippen LogP contribution >= 0.6 is 0 Å². The van der Waals surface area contributed by atoms with Gasteiger partial charge in [0.25, 0.3) is 0 Å². The number of amides is 1. The first-order chi connectivity index (χ1) is 12.7. The number of nitrogens with zero attached hydrogens (tertiary/aromatic N) is 3. The second-order valence-electron chi connectivity index (χ2n) is 6.10. The normalized spacial score (nSPS) is 11.0. The third-order valence-electron chi connectivity index (χ3n) is 4.35. The monoisotopic (exact) mass is 346 g/mol. The molecule has 1 N–H and O–H groups in total. The van der Waals surface area contributed by atoms with Gasteiger partial charge in [-0.2, -0.15) is 0 Å². The van der Waals surface area contributed by atoms with Gasteiger partial charge in [0.2, 0.25) is 5.91 Å². The summed E-state index contributed by atoms with van der Waals surface area (Å²) in [6, 6.07) is 9.90. The van der Waals surface area contributed by atoms with Gasteiger partial charge in [-0.3, -0.25) is 14.8 Å². The second kappa shape index (κ2) is 6.84. The Kier molecular flexibility index (Phi) is 4.23. The van der Waals surface area contributed by atoms with Gasteiger partial charge >= 0.3 is 0 Å². The molecule has 0 bridgehead atoms. The number of aryl methyl sites for hydroxylation is 1. The van der Waals surface area contributed by atoms with E-state index in [2.05, 4.69) is 15.3 Å². The topological polar surface area (TPSA) is 73.0 Å². The van der Waals surface area contributed by atoms with Gasteiger partial charge in [-0.15, -0.1) is 0 Å². The molecule has 26 heavy (non-hydrogen) atoms. The summed E-state index contributed by atoms with van der Waals surface area (Å²) in [5.41, 5.74) is 4.39. The first-order valence-corrected chi connectivity index (χ1v) is 8.34. The van der Waals surface area contributed by atoms with Crippen molar-refractivity contribution in [2.45, 2.75) is 13.0 Å². The van der Waals surface area contributed by atoms with Crippen molar-refractivity contribution in [1.82, 2.24) is 19.9 Å². The maximum atomic E-state index is 12.4. The highest BCUT2D eigenvalue weighted by Crippen LogP contribution is 2.21. The molecule has 3 heterocycles. The van der Waals surface area contributed by atoms with Crippen LogP contribution in [0.3, 0.4) is 0 Å². The molecular weight excluding hydrogens is 328 g/mol. The van der Waals surface area contributed by atoms with Gasteiger partial charge < -0.3 is 14.3 Å². The molecule has 6 heteroatoms. The Morgan fingerprint density at radius 2 is 2.04 bits per heavy atom. The molecule has 0 atom stereocenters. The molecule has 0 aliphatic heterocycles. The molecule has 0 aliphatic carbocycles. The maximum Gasteiger partial charge on any atom is 0.224 e. The van der Waals surface area contributed by atoms with Crippen molar-refractivity contribution >= 4 is 16.8 Å². The molecular formula is C20H18N4O2. The average Bonchev–Trinajstić information content (AvgIpc) is 3.30.